The second-order valence-corrected chi connectivity index (χ2v) is 4.31. The van der Waals surface area contributed by atoms with E-state index in [2.05, 4.69) is 17.1 Å². The van der Waals surface area contributed by atoms with E-state index in [1.807, 2.05) is 31.2 Å². The Morgan fingerprint density at radius 2 is 2.00 bits per heavy atom. The number of hydrogen-bond acceptors (Lipinski definition) is 3. The topological polar surface area (TPSA) is 42.4 Å². The second kappa shape index (κ2) is 5.69. The maximum Gasteiger partial charge on any atom is 0.350 e. The fourth-order valence-corrected chi connectivity index (χ4v) is 1.88. The summed E-state index contributed by atoms with van der Waals surface area (Å²) in [5.74, 6) is 0.216. The molecule has 18 heavy (non-hydrogen) atoms. The molecule has 0 saturated carbocycles. The van der Waals surface area contributed by atoms with Crippen molar-refractivity contribution in [3.05, 3.63) is 53.7 Å². The lowest BCUT2D eigenvalue weighted by atomic mass is 9.59. The lowest BCUT2D eigenvalue weighted by Crippen LogP contribution is -2.37. The van der Waals surface area contributed by atoms with Crippen LogP contribution in [0.15, 0.2) is 42.6 Å². The average molecular weight is 241 g/mol. The van der Waals surface area contributed by atoms with Gasteiger partial charge < -0.3 is 9.76 Å². The minimum absolute atomic E-state index is 0.0910. The molecule has 2 rings (SSSR count). The van der Waals surface area contributed by atoms with Crippen molar-refractivity contribution in [2.24, 2.45) is 0 Å². The van der Waals surface area contributed by atoms with Gasteiger partial charge in [0.2, 0.25) is 0 Å². The Balaban J connectivity index is 2.20. The van der Waals surface area contributed by atoms with Crippen molar-refractivity contribution in [2.75, 3.05) is 7.11 Å². The van der Waals surface area contributed by atoms with Crippen LogP contribution < -0.4 is 5.59 Å². The van der Waals surface area contributed by atoms with E-state index in [9.17, 15) is 5.11 Å². The number of hydrogen-bond donors (Lipinski definition) is 1. The van der Waals surface area contributed by atoms with Crippen molar-refractivity contribution in [3.8, 4) is 5.75 Å². The van der Waals surface area contributed by atoms with Crippen molar-refractivity contribution in [1.82, 2.24) is 4.98 Å². The summed E-state index contributed by atoms with van der Waals surface area (Å²) in [6, 6.07) is 12.0. The molecule has 92 valence electrons. The normalized spacial score (nSPS) is 10.3. The number of nitrogens with zero attached hydrogens (tertiary/aromatic N) is 1. The fourth-order valence-electron chi connectivity index (χ4n) is 1.88. The Morgan fingerprint density at radius 1 is 1.28 bits per heavy atom. The van der Waals surface area contributed by atoms with Crippen molar-refractivity contribution >= 4 is 12.5 Å². The SMILES string of the molecule is COB(Cc1ccccc1)c1cc(C)c(O)cn1. The molecule has 2 aromatic rings. The van der Waals surface area contributed by atoms with Crippen LogP contribution in [0.1, 0.15) is 11.1 Å². The predicted octanol–water partition coefficient (Wildman–Crippen LogP) is 1.72. The van der Waals surface area contributed by atoms with Gasteiger partial charge in [-0.1, -0.05) is 35.9 Å². The van der Waals surface area contributed by atoms with Gasteiger partial charge >= 0.3 is 6.92 Å². The van der Waals surface area contributed by atoms with Crippen LogP contribution >= 0.6 is 0 Å². The van der Waals surface area contributed by atoms with Gasteiger partial charge in [-0.05, 0) is 24.9 Å². The second-order valence-electron chi connectivity index (χ2n) is 4.31. The summed E-state index contributed by atoms with van der Waals surface area (Å²) in [7, 11) is 1.68. The number of pyridine rings is 1. The van der Waals surface area contributed by atoms with Gasteiger partial charge in [-0.15, -0.1) is 0 Å². The number of rotatable bonds is 4. The minimum atomic E-state index is -0.0910. The number of aromatic hydroxyl groups is 1. The van der Waals surface area contributed by atoms with E-state index >= 15 is 0 Å². The molecule has 3 nitrogen and oxygen atoms in total. The first kappa shape index (κ1) is 12.6. The molecule has 0 aliphatic carbocycles. The van der Waals surface area contributed by atoms with Gasteiger partial charge in [0, 0.05) is 12.7 Å². The molecule has 0 unspecified atom stereocenters. The molecule has 0 saturated heterocycles. The summed E-state index contributed by atoms with van der Waals surface area (Å²) >= 11 is 0. The highest BCUT2D eigenvalue weighted by atomic mass is 16.4. The van der Waals surface area contributed by atoms with E-state index in [-0.39, 0.29) is 12.7 Å². The van der Waals surface area contributed by atoms with Gasteiger partial charge in [0.25, 0.3) is 0 Å². The van der Waals surface area contributed by atoms with Crippen molar-refractivity contribution in [1.29, 1.82) is 0 Å². The van der Waals surface area contributed by atoms with Crippen LogP contribution in [0.5, 0.6) is 5.75 Å². The molecule has 0 atom stereocenters. The van der Waals surface area contributed by atoms with E-state index < -0.39 is 0 Å². The molecule has 4 heteroatoms. The molecule has 0 amide bonds. The average Bonchev–Trinajstić information content (AvgIpc) is 2.40. The van der Waals surface area contributed by atoms with Crippen LogP contribution in [0.25, 0.3) is 0 Å². The van der Waals surface area contributed by atoms with Gasteiger partial charge in [0.05, 0.1) is 6.20 Å². The molecular formula is C14H16BNO2. The molecule has 0 aliphatic heterocycles. The van der Waals surface area contributed by atoms with Crippen LogP contribution in [0.4, 0.5) is 0 Å². The maximum absolute atomic E-state index is 9.48. The van der Waals surface area contributed by atoms with Crippen molar-refractivity contribution < 1.29 is 9.76 Å². The summed E-state index contributed by atoms with van der Waals surface area (Å²) in [6.45, 7) is 1.77. The first-order valence-corrected chi connectivity index (χ1v) is 5.93. The molecule has 0 fully saturated rings. The first-order chi connectivity index (χ1) is 8.70. The monoisotopic (exact) mass is 241 g/mol. The fraction of sp³-hybridized carbons (Fsp3) is 0.214. The van der Waals surface area contributed by atoms with Gasteiger partial charge in [-0.25, -0.2) is 0 Å². The van der Waals surface area contributed by atoms with Crippen LogP contribution in [0.2, 0.25) is 0 Å². The lowest BCUT2D eigenvalue weighted by Gasteiger charge is -2.12. The Labute approximate surface area is 108 Å². The standard InChI is InChI=1S/C14H16BNO2/c1-11-8-14(16-10-13(11)17)15(18-2)9-12-6-4-3-5-7-12/h3-8,10,17H,9H2,1-2H3. The molecule has 1 heterocycles. The minimum Gasteiger partial charge on any atom is -0.506 e. The summed E-state index contributed by atoms with van der Waals surface area (Å²) in [5, 5.41) is 9.48. The predicted molar refractivity (Wildman–Crippen MR) is 73.2 cm³/mol. The van der Waals surface area contributed by atoms with Crippen LogP contribution in [-0.2, 0) is 11.0 Å². The Kier molecular flexibility index (Phi) is 4.00. The quantitative estimate of drug-likeness (QED) is 0.829. The summed E-state index contributed by atoms with van der Waals surface area (Å²) in [4.78, 5) is 4.23. The molecule has 0 aliphatic rings. The zero-order valence-electron chi connectivity index (χ0n) is 10.6. The number of benzene rings is 1. The third-order valence-corrected chi connectivity index (χ3v) is 2.98. The zero-order chi connectivity index (χ0) is 13.0. The lowest BCUT2D eigenvalue weighted by molar-refractivity contribution is 0.427. The number of aryl methyl sites for hydroxylation is 1. The smallest absolute Gasteiger partial charge is 0.350 e. The highest BCUT2D eigenvalue weighted by Gasteiger charge is 2.20. The van der Waals surface area contributed by atoms with Gasteiger partial charge in [0.1, 0.15) is 5.75 Å². The Hall–Kier alpha value is -1.81. The molecule has 1 N–H and O–H groups in total. The molecule has 0 spiro atoms. The maximum atomic E-state index is 9.48. The van der Waals surface area contributed by atoms with Gasteiger partial charge in [-0.3, -0.25) is 4.98 Å². The van der Waals surface area contributed by atoms with E-state index in [0.29, 0.717) is 0 Å². The molecule has 0 radical (unpaired) electrons. The molecule has 1 aromatic heterocycles. The van der Waals surface area contributed by atoms with Crippen LogP contribution in [0, 0.1) is 6.92 Å². The Bertz CT molecular complexity index is 516. The largest absolute Gasteiger partial charge is 0.506 e. The zero-order valence-corrected chi connectivity index (χ0v) is 10.6. The molecule has 0 bridgehead atoms. The van der Waals surface area contributed by atoms with E-state index in [0.717, 1.165) is 17.5 Å². The third kappa shape index (κ3) is 2.90. The third-order valence-electron chi connectivity index (χ3n) is 2.98. The number of aromatic nitrogens is 1. The Morgan fingerprint density at radius 3 is 2.61 bits per heavy atom. The molecular weight excluding hydrogens is 225 g/mol. The van der Waals surface area contributed by atoms with Gasteiger partial charge in [-0.2, -0.15) is 0 Å². The highest BCUT2D eigenvalue weighted by Crippen LogP contribution is 2.11. The summed E-state index contributed by atoms with van der Waals surface area (Å²) in [5.41, 5.74) is 2.86. The van der Waals surface area contributed by atoms with Crippen molar-refractivity contribution in [2.45, 2.75) is 13.2 Å². The van der Waals surface area contributed by atoms with Crippen molar-refractivity contribution in [3.63, 3.8) is 0 Å². The van der Waals surface area contributed by atoms with E-state index in [4.69, 9.17) is 4.65 Å². The van der Waals surface area contributed by atoms with E-state index in [1.54, 1.807) is 7.11 Å². The summed E-state index contributed by atoms with van der Waals surface area (Å²) in [6.07, 6.45) is 2.25. The first-order valence-electron chi connectivity index (χ1n) is 5.93. The van der Waals surface area contributed by atoms with Crippen LogP contribution in [0.3, 0.4) is 0 Å². The van der Waals surface area contributed by atoms with Crippen LogP contribution in [-0.4, -0.2) is 24.1 Å². The summed E-state index contributed by atoms with van der Waals surface area (Å²) < 4.78 is 5.49. The van der Waals surface area contributed by atoms with E-state index in [1.165, 1.54) is 11.8 Å². The molecule has 1 aromatic carbocycles. The highest BCUT2D eigenvalue weighted by molar-refractivity contribution is 6.66. The van der Waals surface area contributed by atoms with Gasteiger partial charge in [0.15, 0.2) is 0 Å².